The van der Waals surface area contributed by atoms with E-state index in [1.807, 2.05) is 0 Å². The highest BCUT2D eigenvalue weighted by atomic mass is 32.1. The van der Waals surface area contributed by atoms with Crippen LogP contribution in [0.3, 0.4) is 0 Å². The summed E-state index contributed by atoms with van der Waals surface area (Å²) in [5.41, 5.74) is 6.62. The van der Waals surface area contributed by atoms with E-state index < -0.39 is 0 Å². The van der Waals surface area contributed by atoms with Crippen LogP contribution in [0.5, 0.6) is 5.19 Å². The van der Waals surface area contributed by atoms with Crippen molar-refractivity contribution in [2.45, 2.75) is 31.8 Å². The minimum atomic E-state index is -0.153. The number of anilines is 1. The molecule has 0 saturated heterocycles. The third kappa shape index (κ3) is 2.90. The molecule has 2 rings (SSSR count). The van der Waals surface area contributed by atoms with Gasteiger partial charge in [0.2, 0.25) is 5.13 Å². The molecular weight excluding hydrogens is 214 g/mol. The Bertz CT molecular complexity index is 354. The SMILES string of the molecule is Nc1nnc(OC=C2CCC(O)CC2)s1. The lowest BCUT2D eigenvalue weighted by molar-refractivity contribution is 0.142. The van der Waals surface area contributed by atoms with Gasteiger partial charge in [0.1, 0.15) is 0 Å². The van der Waals surface area contributed by atoms with Crippen molar-refractivity contribution in [3.63, 3.8) is 0 Å². The topological polar surface area (TPSA) is 81.3 Å². The van der Waals surface area contributed by atoms with E-state index in [4.69, 9.17) is 10.5 Å². The maximum atomic E-state index is 9.31. The minimum Gasteiger partial charge on any atom is -0.438 e. The number of rotatable bonds is 2. The van der Waals surface area contributed by atoms with E-state index in [-0.39, 0.29) is 6.10 Å². The first kappa shape index (κ1) is 10.4. The number of aromatic nitrogens is 2. The molecule has 0 atom stereocenters. The largest absolute Gasteiger partial charge is 0.438 e. The molecule has 1 heterocycles. The standard InChI is InChI=1S/C9H13N3O2S/c10-8-11-12-9(15-8)14-5-6-1-3-7(13)4-2-6/h5,7,13H,1-4H2,(H2,10,11). The smallest absolute Gasteiger partial charge is 0.300 e. The number of hydrogen-bond acceptors (Lipinski definition) is 6. The molecule has 0 unspecified atom stereocenters. The lowest BCUT2D eigenvalue weighted by Crippen LogP contribution is -2.12. The average Bonchev–Trinajstić information content (AvgIpc) is 2.64. The third-order valence-corrected chi connectivity index (χ3v) is 2.99. The van der Waals surface area contributed by atoms with Crippen molar-refractivity contribution in [1.29, 1.82) is 0 Å². The van der Waals surface area contributed by atoms with Crippen LogP contribution in [0.1, 0.15) is 25.7 Å². The molecule has 1 aliphatic carbocycles. The van der Waals surface area contributed by atoms with Crippen LogP contribution in [0.2, 0.25) is 0 Å². The van der Waals surface area contributed by atoms with Gasteiger partial charge < -0.3 is 15.6 Å². The van der Waals surface area contributed by atoms with Crippen LogP contribution in [-0.4, -0.2) is 21.4 Å². The zero-order chi connectivity index (χ0) is 10.7. The average molecular weight is 227 g/mol. The number of nitrogens with zero attached hydrogens (tertiary/aromatic N) is 2. The Morgan fingerprint density at radius 3 is 2.73 bits per heavy atom. The Hall–Kier alpha value is -1.14. The number of ether oxygens (including phenoxy) is 1. The van der Waals surface area contributed by atoms with E-state index in [0.29, 0.717) is 10.3 Å². The van der Waals surface area contributed by atoms with Gasteiger partial charge in [0.15, 0.2) is 0 Å². The quantitative estimate of drug-likeness (QED) is 0.745. The van der Waals surface area contributed by atoms with Gasteiger partial charge in [-0.15, -0.1) is 5.10 Å². The predicted octanol–water partition coefficient (Wildman–Crippen LogP) is 1.32. The van der Waals surface area contributed by atoms with Crippen LogP contribution in [0.15, 0.2) is 11.8 Å². The molecule has 6 heteroatoms. The summed E-state index contributed by atoms with van der Waals surface area (Å²) < 4.78 is 5.32. The summed E-state index contributed by atoms with van der Waals surface area (Å²) in [6, 6.07) is 0. The highest BCUT2D eigenvalue weighted by molar-refractivity contribution is 7.16. The number of allylic oxidation sites excluding steroid dienone is 1. The number of nitrogen functional groups attached to an aromatic ring is 1. The molecule has 1 aromatic heterocycles. The van der Waals surface area contributed by atoms with Gasteiger partial charge in [-0.3, -0.25) is 0 Å². The Morgan fingerprint density at radius 1 is 1.40 bits per heavy atom. The number of hydrogen-bond donors (Lipinski definition) is 2. The number of nitrogens with two attached hydrogens (primary N) is 1. The second-order valence-electron chi connectivity index (χ2n) is 3.53. The monoisotopic (exact) mass is 227 g/mol. The molecule has 1 fully saturated rings. The highest BCUT2D eigenvalue weighted by Crippen LogP contribution is 2.25. The molecule has 0 spiro atoms. The summed E-state index contributed by atoms with van der Waals surface area (Å²) in [6.45, 7) is 0. The normalized spacial score (nSPS) is 21.4. The molecule has 0 aliphatic heterocycles. The second-order valence-corrected chi connectivity index (χ2v) is 4.50. The Kier molecular flexibility index (Phi) is 3.17. The summed E-state index contributed by atoms with van der Waals surface area (Å²) in [7, 11) is 0. The molecule has 15 heavy (non-hydrogen) atoms. The molecule has 0 amide bonds. The summed E-state index contributed by atoms with van der Waals surface area (Å²) >= 11 is 1.22. The van der Waals surface area contributed by atoms with Gasteiger partial charge in [-0.25, -0.2) is 0 Å². The van der Waals surface area contributed by atoms with Crippen molar-refractivity contribution in [2.24, 2.45) is 0 Å². The van der Waals surface area contributed by atoms with Gasteiger partial charge in [-0.1, -0.05) is 5.10 Å². The van der Waals surface area contributed by atoms with E-state index in [9.17, 15) is 5.11 Å². The van der Waals surface area contributed by atoms with Crippen LogP contribution < -0.4 is 10.5 Å². The fourth-order valence-corrected chi connectivity index (χ4v) is 1.93. The first-order chi connectivity index (χ1) is 7.24. The summed E-state index contributed by atoms with van der Waals surface area (Å²) in [5.74, 6) is 0. The molecule has 1 aromatic rings. The van der Waals surface area contributed by atoms with E-state index >= 15 is 0 Å². The molecule has 3 N–H and O–H groups in total. The molecule has 1 aliphatic rings. The molecule has 5 nitrogen and oxygen atoms in total. The molecule has 1 saturated carbocycles. The zero-order valence-electron chi connectivity index (χ0n) is 8.22. The highest BCUT2D eigenvalue weighted by Gasteiger charge is 2.14. The van der Waals surface area contributed by atoms with Crippen LogP contribution >= 0.6 is 11.3 Å². The van der Waals surface area contributed by atoms with Gasteiger partial charge in [-0.05, 0) is 42.6 Å². The molecular formula is C9H13N3O2S. The van der Waals surface area contributed by atoms with Crippen molar-refractivity contribution in [3.05, 3.63) is 11.8 Å². The predicted molar refractivity (Wildman–Crippen MR) is 57.5 cm³/mol. The van der Waals surface area contributed by atoms with E-state index in [0.717, 1.165) is 25.7 Å². The van der Waals surface area contributed by atoms with Gasteiger partial charge >= 0.3 is 5.19 Å². The first-order valence-electron chi connectivity index (χ1n) is 4.85. The first-order valence-corrected chi connectivity index (χ1v) is 5.67. The minimum absolute atomic E-state index is 0.153. The van der Waals surface area contributed by atoms with Crippen molar-refractivity contribution >= 4 is 16.5 Å². The fourth-order valence-electron chi connectivity index (χ4n) is 1.49. The molecule has 0 bridgehead atoms. The number of aliphatic hydroxyl groups excluding tert-OH is 1. The lowest BCUT2D eigenvalue weighted by Gasteiger charge is -2.18. The van der Waals surface area contributed by atoms with E-state index in [1.165, 1.54) is 16.9 Å². The Morgan fingerprint density at radius 2 is 2.13 bits per heavy atom. The molecule has 0 radical (unpaired) electrons. The third-order valence-electron chi connectivity index (χ3n) is 2.35. The maximum absolute atomic E-state index is 9.31. The van der Waals surface area contributed by atoms with Gasteiger partial charge in [0, 0.05) is 0 Å². The fraction of sp³-hybridized carbons (Fsp3) is 0.556. The van der Waals surface area contributed by atoms with Crippen LogP contribution in [0.25, 0.3) is 0 Å². The second kappa shape index (κ2) is 4.59. The molecule has 82 valence electrons. The van der Waals surface area contributed by atoms with E-state index in [2.05, 4.69) is 10.2 Å². The summed E-state index contributed by atoms with van der Waals surface area (Å²) in [5, 5.41) is 17.6. The van der Waals surface area contributed by atoms with Gasteiger partial charge in [0.05, 0.1) is 12.4 Å². The maximum Gasteiger partial charge on any atom is 0.300 e. The van der Waals surface area contributed by atoms with E-state index in [1.54, 1.807) is 6.26 Å². The van der Waals surface area contributed by atoms with Gasteiger partial charge in [0.25, 0.3) is 0 Å². The van der Waals surface area contributed by atoms with Crippen molar-refractivity contribution < 1.29 is 9.84 Å². The lowest BCUT2D eigenvalue weighted by atomic mass is 9.94. The van der Waals surface area contributed by atoms with Crippen molar-refractivity contribution in [2.75, 3.05) is 5.73 Å². The van der Waals surface area contributed by atoms with Crippen molar-refractivity contribution in [3.8, 4) is 5.19 Å². The number of aliphatic hydroxyl groups is 1. The summed E-state index contributed by atoms with van der Waals surface area (Å²) in [4.78, 5) is 0. The Labute approximate surface area is 91.6 Å². The molecule has 0 aromatic carbocycles. The van der Waals surface area contributed by atoms with Crippen LogP contribution in [0.4, 0.5) is 5.13 Å². The Balaban J connectivity index is 1.89. The van der Waals surface area contributed by atoms with Gasteiger partial charge in [-0.2, -0.15) is 0 Å². The van der Waals surface area contributed by atoms with Crippen LogP contribution in [-0.2, 0) is 0 Å². The van der Waals surface area contributed by atoms with Crippen LogP contribution in [0, 0.1) is 0 Å². The zero-order valence-corrected chi connectivity index (χ0v) is 9.04. The summed E-state index contributed by atoms with van der Waals surface area (Å²) in [6.07, 6.45) is 4.94. The van der Waals surface area contributed by atoms with Crippen molar-refractivity contribution in [1.82, 2.24) is 10.2 Å².